The summed E-state index contributed by atoms with van der Waals surface area (Å²) >= 11 is 4.78. The molecular formula is C16H19BrN4OS. The average Bonchev–Trinajstić information content (AvgIpc) is 2.96. The predicted octanol–water partition coefficient (Wildman–Crippen LogP) is 3.78. The molecule has 1 amide bonds. The van der Waals surface area contributed by atoms with E-state index in [9.17, 15) is 4.79 Å². The van der Waals surface area contributed by atoms with Gasteiger partial charge in [-0.15, -0.1) is 11.3 Å². The van der Waals surface area contributed by atoms with Gasteiger partial charge in [-0.25, -0.2) is 4.98 Å². The van der Waals surface area contributed by atoms with E-state index in [4.69, 9.17) is 0 Å². The van der Waals surface area contributed by atoms with Gasteiger partial charge in [0.25, 0.3) is 5.91 Å². The van der Waals surface area contributed by atoms with E-state index in [1.807, 2.05) is 5.38 Å². The Kier molecular flexibility index (Phi) is 5.40. The number of hydrogen-bond donors (Lipinski definition) is 1. The van der Waals surface area contributed by atoms with Crippen molar-refractivity contribution in [3.63, 3.8) is 0 Å². The van der Waals surface area contributed by atoms with Crippen molar-refractivity contribution in [1.82, 2.24) is 14.9 Å². The highest BCUT2D eigenvalue weighted by Crippen LogP contribution is 2.21. The van der Waals surface area contributed by atoms with Gasteiger partial charge in [-0.05, 0) is 53.8 Å². The Labute approximate surface area is 148 Å². The van der Waals surface area contributed by atoms with Crippen LogP contribution >= 0.6 is 27.3 Å². The van der Waals surface area contributed by atoms with Crippen molar-refractivity contribution in [1.29, 1.82) is 0 Å². The van der Waals surface area contributed by atoms with Crippen molar-refractivity contribution in [2.45, 2.75) is 26.3 Å². The van der Waals surface area contributed by atoms with Gasteiger partial charge in [0, 0.05) is 28.8 Å². The van der Waals surface area contributed by atoms with Gasteiger partial charge in [-0.2, -0.15) is 0 Å². The van der Waals surface area contributed by atoms with Crippen molar-refractivity contribution < 1.29 is 4.79 Å². The van der Waals surface area contributed by atoms with Crippen LogP contribution in [0.15, 0.2) is 28.3 Å². The van der Waals surface area contributed by atoms with Gasteiger partial charge in [0.15, 0.2) is 5.13 Å². The third-order valence-corrected chi connectivity index (χ3v) is 5.24. The fourth-order valence-electron chi connectivity index (χ4n) is 2.59. The second-order valence-corrected chi connectivity index (χ2v) is 7.72. The largest absolute Gasteiger partial charge is 0.298 e. The molecule has 1 aliphatic heterocycles. The lowest BCUT2D eigenvalue weighted by Crippen LogP contribution is -2.32. The quantitative estimate of drug-likeness (QED) is 0.856. The maximum Gasteiger partial charge on any atom is 0.259 e. The van der Waals surface area contributed by atoms with Crippen molar-refractivity contribution in [3.8, 4) is 0 Å². The molecule has 0 unspecified atom stereocenters. The Hall–Kier alpha value is -1.31. The van der Waals surface area contributed by atoms with Gasteiger partial charge >= 0.3 is 0 Å². The number of carbonyl (C=O) groups excluding carboxylic acids is 1. The lowest BCUT2D eigenvalue weighted by molar-refractivity contribution is 0.102. The summed E-state index contributed by atoms with van der Waals surface area (Å²) in [5, 5.41) is 5.49. The van der Waals surface area contributed by atoms with Crippen LogP contribution in [-0.4, -0.2) is 33.9 Å². The lowest BCUT2D eigenvalue weighted by Gasteiger charge is -2.29. The first kappa shape index (κ1) is 16.5. The second-order valence-electron chi connectivity index (χ2n) is 5.95. The van der Waals surface area contributed by atoms with Gasteiger partial charge in [-0.1, -0.05) is 6.92 Å². The molecule has 0 saturated carbocycles. The minimum absolute atomic E-state index is 0.188. The molecule has 1 aliphatic rings. The summed E-state index contributed by atoms with van der Waals surface area (Å²) in [7, 11) is 0. The Morgan fingerprint density at radius 2 is 2.22 bits per heavy atom. The summed E-state index contributed by atoms with van der Waals surface area (Å²) in [6.07, 6.45) is 5.70. The molecule has 0 aromatic carbocycles. The van der Waals surface area contributed by atoms with E-state index in [1.54, 1.807) is 18.5 Å². The van der Waals surface area contributed by atoms with Crippen molar-refractivity contribution >= 4 is 38.3 Å². The smallest absolute Gasteiger partial charge is 0.259 e. The minimum atomic E-state index is -0.188. The molecule has 1 N–H and O–H groups in total. The zero-order valence-corrected chi connectivity index (χ0v) is 15.4. The molecule has 23 heavy (non-hydrogen) atoms. The van der Waals surface area contributed by atoms with Crippen LogP contribution in [0.3, 0.4) is 0 Å². The normalized spacial score (nSPS) is 16.4. The van der Waals surface area contributed by atoms with Crippen LogP contribution in [0.4, 0.5) is 5.13 Å². The molecule has 0 atom stereocenters. The first-order valence-electron chi connectivity index (χ1n) is 7.69. The van der Waals surface area contributed by atoms with E-state index in [0.29, 0.717) is 10.7 Å². The molecule has 122 valence electrons. The number of thiazole rings is 1. The maximum absolute atomic E-state index is 12.2. The number of anilines is 1. The number of likely N-dealkylation sites (tertiary alicyclic amines) is 1. The molecular weight excluding hydrogens is 376 g/mol. The number of pyridine rings is 1. The Morgan fingerprint density at radius 3 is 2.96 bits per heavy atom. The monoisotopic (exact) mass is 394 g/mol. The summed E-state index contributed by atoms with van der Waals surface area (Å²) in [4.78, 5) is 23.1. The number of nitrogens with one attached hydrogen (secondary N) is 1. The van der Waals surface area contributed by atoms with E-state index in [-0.39, 0.29) is 5.91 Å². The number of piperidine rings is 1. The molecule has 5 nitrogen and oxygen atoms in total. The SMILES string of the molecule is CC1CCN(Cc2csc(NC(=O)c3cncc(Br)c3)n2)CC1. The van der Waals surface area contributed by atoms with Crippen LogP contribution in [0, 0.1) is 5.92 Å². The highest BCUT2D eigenvalue weighted by Gasteiger charge is 2.17. The van der Waals surface area contributed by atoms with Crippen LogP contribution in [0.5, 0.6) is 0 Å². The molecule has 7 heteroatoms. The topological polar surface area (TPSA) is 58.1 Å². The molecule has 0 aliphatic carbocycles. The van der Waals surface area contributed by atoms with E-state index < -0.39 is 0 Å². The Morgan fingerprint density at radius 1 is 1.43 bits per heavy atom. The van der Waals surface area contributed by atoms with E-state index in [1.165, 1.54) is 24.2 Å². The molecule has 1 saturated heterocycles. The zero-order chi connectivity index (χ0) is 16.2. The number of nitrogens with zero attached hydrogens (tertiary/aromatic N) is 3. The number of rotatable bonds is 4. The van der Waals surface area contributed by atoms with Crippen LogP contribution in [0.1, 0.15) is 35.8 Å². The highest BCUT2D eigenvalue weighted by atomic mass is 79.9. The summed E-state index contributed by atoms with van der Waals surface area (Å²) < 4.78 is 0.782. The highest BCUT2D eigenvalue weighted by molar-refractivity contribution is 9.10. The van der Waals surface area contributed by atoms with Gasteiger partial charge in [0.05, 0.1) is 11.3 Å². The first-order valence-corrected chi connectivity index (χ1v) is 9.36. The van der Waals surface area contributed by atoms with Crippen molar-refractivity contribution in [2.75, 3.05) is 18.4 Å². The number of hydrogen-bond acceptors (Lipinski definition) is 5. The van der Waals surface area contributed by atoms with Crippen molar-refractivity contribution in [3.05, 3.63) is 39.6 Å². The minimum Gasteiger partial charge on any atom is -0.298 e. The van der Waals surface area contributed by atoms with E-state index in [0.717, 1.165) is 35.7 Å². The molecule has 2 aromatic heterocycles. The standard InChI is InChI=1S/C16H19BrN4OS/c1-11-2-4-21(5-3-11)9-14-10-23-16(19-14)20-15(22)12-6-13(17)8-18-7-12/h6-8,10-11H,2-5,9H2,1H3,(H,19,20,22). The van der Waals surface area contributed by atoms with E-state index >= 15 is 0 Å². The number of halogens is 1. The van der Waals surface area contributed by atoms with Crippen molar-refractivity contribution in [2.24, 2.45) is 5.92 Å². The Balaban J connectivity index is 1.58. The number of aromatic nitrogens is 2. The van der Waals surface area contributed by atoms with Crippen LogP contribution in [0.2, 0.25) is 0 Å². The third-order valence-electron chi connectivity index (χ3n) is 4.00. The molecule has 0 radical (unpaired) electrons. The van der Waals surface area contributed by atoms with Crippen LogP contribution in [-0.2, 0) is 6.54 Å². The Bertz CT molecular complexity index is 682. The molecule has 0 bridgehead atoms. The first-order chi connectivity index (χ1) is 11.1. The molecule has 0 spiro atoms. The molecule has 3 heterocycles. The summed E-state index contributed by atoms with van der Waals surface area (Å²) in [5.41, 5.74) is 1.54. The van der Waals surface area contributed by atoms with Crippen LogP contribution < -0.4 is 5.32 Å². The average molecular weight is 395 g/mol. The molecule has 2 aromatic rings. The summed E-state index contributed by atoms with van der Waals surface area (Å²) in [5.74, 6) is 0.641. The van der Waals surface area contributed by atoms with Crippen LogP contribution in [0.25, 0.3) is 0 Å². The van der Waals surface area contributed by atoms with Gasteiger partial charge < -0.3 is 0 Å². The van der Waals surface area contributed by atoms with Gasteiger partial charge in [-0.3, -0.25) is 20.0 Å². The van der Waals surface area contributed by atoms with E-state index in [2.05, 4.69) is 43.0 Å². The second kappa shape index (κ2) is 7.51. The molecule has 3 rings (SSSR count). The summed E-state index contributed by atoms with van der Waals surface area (Å²) in [6, 6.07) is 1.74. The fraction of sp³-hybridized carbons (Fsp3) is 0.438. The fourth-order valence-corrected chi connectivity index (χ4v) is 3.65. The maximum atomic E-state index is 12.2. The van der Waals surface area contributed by atoms with Gasteiger partial charge in [0.2, 0.25) is 0 Å². The zero-order valence-electron chi connectivity index (χ0n) is 13.0. The lowest BCUT2D eigenvalue weighted by atomic mass is 9.99. The predicted molar refractivity (Wildman–Crippen MR) is 95.7 cm³/mol. The number of amides is 1. The van der Waals surface area contributed by atoms with Gasteiger partial charge in [0.1, 0.15) is 0 Å². The molecule has 1 fully saturated rings. The number of carbonyl (C=O) groups is 1. The third kappa shape index (κ3) is 4.59. The summed E-state index contributed by atoms with van der Waals surface area (Å²) in [6.45, 7) is 5.43.